The molecule has 4 aliphatic rings. The second-order valence-corrected chi connectivity index (χ2v) is 18.9. The number of allylic oxidation sites excluding steroid dienone is 1. The van der Waals surface area contributed by atoms with Crippen molar-refractivity contribution in [1.82, 2.24) is 35.6 Å². The molecule has 386 valence electrons. The zero-order valence-electron chi connectivity index (χ0n) is 38.3. The number of aliphatic hydroxyl groups excluding tert-OH is 4. The number of unbranched alkanes of at least 4 members (excludes halogenated alkanes) is 1. The van der Waals surface area contributed by atoms with E-state index in [2.05, 4.69) is 22.5 Å². The molecule has 0 bridgehead atoms. The topological polar surface area (TPSA) is 347 Å². The molecule has 0 saturated carbocycles. The number of amides is 2. The van der Waals surface area contributed by atoms with Crippen LogP contribution >= 0.6 is 11.8 Å². The second-order valence-electron chi connectivity index (χ2n) is 17.6. The number of fused-ring (bicyclic) bond motifs is 1. The number of carboxylic acids is 3. The number of nitrogens with zero attached hydrogens (tertiary/aromatic N) is 5. The number of nitro groups is 1. The number of carbonyl (C=O) groups excluding carboxylic acids is 2. The number of alkyl carbamates (subject to hydrolysis) is 1. The summed E-state index contributed by atoms with van der Waals surface area (Å²) >= 11 is 1.95. The fraction of sp³-hybridized carbons (Fsp3) is 0.698. The Bertz CT molecular complexity index is 1900. The molecule has 0 radical (unpaired) electrons. The van der Waals surface area contributed by atoms with Gasteiger partial charge in [-0.1, -0.05) is 19.1 Å². The summed E-state index contributed by atoms with van der Waals surface area (Å²) in [7, 11) is 0. The number of aliphatic hydroxyl groups is 4. The normalized spacial score (nSPS) is 26.9. The molecule has 8 unspecified atom stereocenters. The number of nitrogens with one attached hydrogen (secondary N) is 3. The van der Waals surface area contributed by atoms with E-state index in [1.54, 1.807) is 14.7 Å². The van der Waals surface area contributed by atoms with Crippen LogP contribution in [0.3, 0.4) is 0 Å². The number of benzene rings is 1. The van der Waals surface area contributed by atoms with Crippen LogP contribution in [0, 0.1) is 16.0 Å². The second kappa shape index (κ2) is 26.9. The Kier molecular flexibility index (Phi) is 21.5. The van der Waals surface area contributed by atoms with Crippen molar-refractivity contribution in [3.8, 4) is 5.75 Å². The van der Waals surface area contributed by atoms with Crippen molar-refractivity contribution in [2.45, 2.75) is 86.8 Å². The molecule has 2 amide bonds. The van der Waals surface area contributed by atoms with Gasteiger partial charge >= 0.3 is 29.7 Å². The Labute approximate surface area is 402 Å². The summed E-state index contributed by atoms with van der Waals surface area (Å²) < 4.78 is 16.0. The number of aliphatic carboxylic acids is 3. The van der Waals surface area contributed by atoms with Gasteiger partial charge in [0.1, 0.15) is 37.1 Å². The maximum absolute atomic E-state index is 12.9. The third kappa shape index (κ3) is 16.9. The molecule has 4 heterocycles. The number of thioether (sulfide) groups is 1. The first-order valence-corrected chi connectivity index (χ1v) is 24.0. The van der Waals surface area contributed by atoms with Gasteiger partial charge in [-0.25, -0.2) is 4.79 Å². The van der Waals surface area contributed by atoms with Gasteiger partial charge in [-0.15, -0.1) is 0 Å². The Morgan fingerprint density at radius 2 is 1.57 bits per heavy atom. The van der Waals surface area contributed by atoms with Crippen LogP contribution in [-0.4, -0.2) is 236 Å². The average Bonchev–Trinajstić information content (AvgIpc) is 3.86. The fourth-order valence-electron chi connectivity index (χ4n) is 8.82. The number of carboxylic acid groups (broad SMARTS) is 3. The van der Waals surface area contributed by atoms with Crippen LogP contribution in [0.4, 0.5) is 10.5 Å². The Hall–Kier alpha value is -4.90. The third-order valence-corrected chi connectivity index (χ3v) is 14.2. The lowest BCUT2D eigenvalue weighted by atomic mass is 9.97. The largest absolute Gasteiger partial charge is 0.480 e. The molecular weight excluding hydrogens is 933 g/mol. The predicted octanol–water partition coefficient (Wildman–Crippen LogP) is -1.87. The van der Waals surface area contributed by atoms with Crippen LogP contribution in [-0.2, 0) is 35.3 Å². The molecule has 9 atom stereocenters. The predicted molar refractivity (Wildman–Crippen MR) is 245 cm³/mol. The van der Waals surface area contributed by atoms with Gasteiger partial charge in [-0.3, -0.25) is 48.9 Å². The molecule has 1 aromatic rings. The van der Waals surface area contributed by atoms with E-state index in [0.717, 1.165) is 42.8 Å². The van der Waals surface area contributed by atoms with Gasteiger partial charge in [0.15, 0.2) is 5.75 Å². The van der Waals surface area contributed by atoms with E-state index >= 15 is 0 Å². The van der Waals surface area contributed by atoms with Crippen LogP contribution < -0.4 is 20.7 Å². The van der Waals surface area contributed by atoms with Crippen LogP contribution in [0.1, 0.15) is 37.7 Å². The Morgan fingerprint density at radius 3 is 2.19 bits per heavy atom. The number of nitro benzene ring substituents is 1. The van der Waals surface area contributed by atoms with E-state index in [1.165, 1.54) is 6.07 Å². The van der Waals surface area contributed by atoms with Crippen molar-refractivity contribution < 1.29 is 78.9 Å². The molecule has 1 aromatic carbocycles. The SMILES string of the molecule is C=C1CC2CSC(CCCCC(=O)NC[C@H](C(=O)O)N3CCN(CC(=O)O)CCN(CCNC(=O)OCc4ccc(OC5OC(CO)C(O)C(O)C5O)c([N+](=O)[O-])c4)CCN(CC(=O)O)CC3)C2N1. The zero-order chi connectivity index (χ0) is 50.2. The molecule has 69 heavy (non-hydrogen) atoms. The summed E-state index contributed by atoms with van der Waals surface area (Å²) in [6.45, 7) is 3.80. The van der Waals surface area contributed by atoms with E-state index in [1.807, 2.05) is 16.7 Å². The summed E-state index contributed by atoms with van der Waals surface area (Å²) in [6.07, 6.45) is -5.41. The number of rotatable bonds is 22. The highest BCUT2D eigenvalue weighted by atomic mass is 32.2. The summed E-state index contributed by atoms with van der Waals surface area (Å²) in [4.78, 5) is 80.1. The quantitative estimate of drug-likeness (QED) is 0.0345. The highest BCUT2D eigenvalue weighted by molar-refractivity contribution is 8.00. The van der Waals surface area contributed by atoms with Crippen molar-refractivity contribution in [2.24, 2.45) is 5.92 Å². The summed E-state index contributed by atoms with van der Waals surface area (Å²) in [5.41, 5.74) is 0.664. The molecule has 25 nitrogen and oxygen atoms in total. The molecule has 5 rings (SSSR count). The molecule has 0 aromatic heterocycles. The van der Waals surface area contributed by atoms with Crippen molar-refractivity contribution in [1.29, 1.82) is 0 Å². The van der Waals surface area contributed by atoms with Crippen LogP contribution in [0.15, 0.2) is 30.5 Å². The summed E-state index contributed by atoms with van der Waals surface area (Å²) in [5, 5.41) is 90.8. The lowest BCUT2D eigenvalue weighted by Crippen LogP contribution is -2.60. The van der Waals surface area contributed by atoms with E-state index in [4.69, 9.17) is 14.2 Å². The minimum atomic E-state index is -1.81. The first-order chi connectivity index (χ1) is 32.9. The fourth-order valence-corrected chi connectivity index (χ4v) is 10.5. The maximum Gasteiger partial charge on any atom is 0.407 e. The van der Waals surface area contributed by atoms with E-state index in [-0.39, 0.29) is 109 Å². The van der Waals surface area contributed by atoms with E-state index < -0.39 is 84.6 Å². The van der Waals surface area contributed by atoms with Gasteiger partial charge < -0.3 is 65.9 Å². The first-order valence-electron chi connectivity index (χ1n) is 23.0. The lowest BCUT2D eigenvalue weighted by Gasteiger charge is -2.39. The van der Waals surface area contributed by atoms with Crippen LogP contribution in [0.25, 0.3) is 0 Å². The summed E-state index contributed by atoms with van der Waals surface area (Å²) in [6, 6.07) is 2.82. The number of hydrogen-bond acceptors (Lipinski definition) is 20. The summed E-state index contributed by atoms with van der Waals surface area (Å²) in [5.74, 6) is -2.35. The van der Waals surface area contributed by atoms with E-state index in [0.29, 0.717) is 23.6 Å². The Balaban J connectivity index is 1.11. The Morgan fingerprint density at radius 1 is 0.913 bits per heavy atom. The highest BCUT2D eigenvalue weighted by Gasteiger charge is 2.45. The smallest absolute Gasteiger partial charge is 0.407 e. The van der Waals surface area contributed by atoms with Crippen molar-refractivity contribution >= 4 is 47.4 Å². The van der Waals surface area contributed by atoms with Crippen molar-refractivity contribution in [3.63, 3.8) is 0 Å². The molecule has 26 heteroatoms. The van der Waals surface area contributed by atoms with Crippen molar-refractivity contribution in [2.75, 3.05) is 97.4 Å². The first kappa shape index (κ1) is 55.0. The van der Waals surface area contributed by atoms with Gasteiger partial charge in [0.2, 0.25) is 12.2 Å². The monoisotopic (exact) mass is 998 g/mol. The molecule has 4 saturated heterocycles. The zero-order valence-corrected chi connectivity index (χ0v) is 39.2. The number of ether oxygens (including phenoxy) is 3. The van der Waals surface area contributed by atoms with Gasteiger partial charge in [0, 0.05) is 101 Å². The van der Waals surface area contributed by atoms with Gasteiger partial charge in [0.05, 0.1) is 24.6 Å². The minimum Gasteiger partial charge on any atom is -0.480 e. The molecule has 10 N–H and O–H groups in total. The lowest BCUT2D eigenvalue weighted by molar-refractivity contribution is -0.387. The van der Waals surface area contributed by atoms with Gasteiger partial charge in [0.25, 0.3) is 0 Å². The molecule has 4 fully saturated rings. The minimum absolute atomic E-state index is 0.0386. The molecule has 4 aliphatic heterocycles. The highest BCUT2D eigenvalue weighted by Crippen LogP contribution is 2.41. The standard InChI is InChI=1S/C43H66N8O17S/c1-26-18-28-25-69-33(37(28)46-26)4-2-3-5-34(53)45-20-30(41(61)62)50-16-14-48(21-35(54)55)12-10-47(11-13-49(15-17-50)22-36(56)57)9-8-44-43(63)66-24-27-6-7-31(29(19-27)51(64)65)67-42-40(60)39(59)38(58)32(23-52)68-42/h6-7,19,28,30,32-33,37-40,42,46,52,58-60H,1-5,8-18,20-25H2,(H,44,63)(H,45,53)(H,54,55)(H,56,57)(H,61,62)/t28?,30-,32?,33?,37?,38?,39?,40?,42?/m1/s1. The number of carbonyl (C=O) groups is 5. The van der Waals surface area contributed by atoms with E-state index in [9.17, 15) is 69.8 Å². The third-order valence-electron chi connectivity index (χ3n) is 12.6. The molecule has 0 spiro atoms. The average molecular weight is 999 g/mol. The van der Waals surface area contributed by atoms with Gasteiger partial charge in [-0.2, -0.15) is 11.8 Å². The molecular formula is C43H66N8O17S. The van der Waals surface area contributed by atoms with Crippen LogP contribution in [0.5, 0.6) is 5.75 Å². The van der Waals surface area contributed by atoms with Crippen LogP contribution in [0.2, 0.25) is 0 Å². The maximum atomic E-state index is 12.9. The van der Waals surface area contributed by atoms with Gasteiger partial charge in [-0.05, 0) is 42.6 Å². The molecule has 0 aliphatic carbocycles. The van der Waals surface area contributed by atoms with Crippen molar-refractivity contribution in [3.05, 3.63) is 46.2 Å². The number of hydrogen-bond donors (Lipinski definition) is 10.